The van der Waals surface area contributed by atoms with Crippen LogP contribution in [0.3, 0.4) is 0 Å². The Labute approximate surface area is 249 Å². The Morgan fingerprint density at radius 3 is 1.40 bits per heavy atom. The second-order valence-corrected chi connectivity index (χ2v) is 11.6. The van der Waals surface area contributed by atoms with Crippen molar-refractivity contribution < 1.29 is 20.4 Å². The van der Waals surface area contributed by atoms with Gasteiger partial charge >= 0.3 is 0 Å². The number of aliphatic hydroxyl groups excluding tert-OH is 2. The number of aryl methyl sites for hydroxylation is 4. The van der Waals surface area contributed by atoms with E-state index in [9.17, 15) is 20.4 Å². The Balaban J connectivity index is 1.47. The number of aliphatic hydroxyl groups is 2. The van der Waals surface area contributed by atoms with E-state index in [1.165, 1.54) is 11.1 Å². The molecule has 0 saturated heterocycles. The summed E-state index contributed by atoms with van der Waals surface area (Å²) in [5, 5.41) is 44.5. The Morgan fingerprint density at radius 2 is 1.00 bits per heavy atom. The number of benzene rings is 4. The zero-order valence-electron chi connectivity index (χ0n) is 25.3. The van der Waals surface area contributed by atoms with Gasteiger partial charge in [0.25, 0.3) is 0 Å². The van der Waals surface area contributed by atoms with Gasteiger partial charge in [-0.3, -0.25) is 0 Å². The van der Waals surface area contributed by atoms with Crippen LogP contribution in [-0.2, 0) is 0 Å². The monoisotopic (exact) mass is 566 g/mol. The van der Waals surface area contributed by atoms with Crippen LogP contribution in [0.2, 0.25) is 0 Å². The number of rotatable bonds is 8. The van der Waals surface area contributed by atoms with E-state index < -0.39 is 24.0 Å². The number of hydrogen-bond donors (Lipinski definition) is 4. The molecule has 6 nitrogen and oxygen atoms in total. The van der Waals surface area contributed by atoms with E-state index in [4.69, 9.17) is 0 Å². The summed E-state index contributed by atoms with van der Waals surface area (Å²) in [4.78, 5) is 4.26. The third-order valence-corrected chi connectivity index (χ3v) is 8.79. The van der Waals surface area contributed by atoms with Gasteiger partial charge in [-0.25, -0.2) is 0 Å². The second-order valence-electron chi connectivity index (χ2n) is 11.6. The number of phenolic OH excluding ortho intramolecular Hbond substituents is 2. The first kappa shape index (κ1) is 29.5. The van der Waals surface area contributed by atoms with Gasteiger partial charge in [0, 0.05) is 70.9 Å². The van der Waals surface area contributed by atoms with Crippen molar-refractivity contribution >= 4 is 22.7 Å². The number of anilines is 4. The molecule has 0 spiro atoms. The van der Waals surface area contributed by atoms with Crippen LogP contribution < -0.4 is 9.80 Å². The topological polar surface area (TPSA) is 87.4 Å². The van der Waals surface area contributed by atoms with E-state index in [-0.39, 0.29) is 11.5 Å². The Morgan fingerprint density at radius 1 is 0.571 bits per heavy atom. The minimum Gasteiger partial charge on any atom is -0.508 e. The van der Waals surface area contributed by atoms with Crippen LogP contribution in [0.4, 0.5) is 22.7 Å². The molecule has 220 valence electrons. The summed E-state index contributed by atoms with van der Waals surface area (Å²) >= 11 is 0. The van der Waals surface area contributed by atoms with Crippen molar-refractivity contribution in [2.45, 2.75) is 65.6 Å². The average Bonchev–Trinajstić information content (AvgIpc) is 2.94. The van der Waals surface area contributed by atoms with E-state index in [1.807, 2.05) is 12.1 Å². The molecule has 0 aromatic heterocycles. The third kappa shape index (κ3) is 5.21. The molecule has 0 heterocycles. The molecule has 2 atom stereocenters. The Hall–Kier alpha value is -4.00. The molecule has 2 unspecified atom stereocenters. The van der Waals surface area contributed by atoms with Crippen molar-refractivity contribution in [3.63, 3.8) is 0 Å². The maximum Gasteiger partial charge on any atom is 0.121 e. The van der Waals surface area contributed by atoms with Gasteiger partial charge < -0.3 is 30.2 Å². The lowest BCUT2D eigenvalue weighted by Crippen LogP contribution is -2.51. The summed E-state index contributed by atoms with van der Waals surface area (Å²) in [5.41, 5.74) is 9.24. The van der Waals surface area contributed by atoms with E-state index >= 15 is 0 Å². The summed E-state index contributed by atoms with van der Waals surface area (Å²) in [6.07, 6.45) is -1.92. The molecule has 6 heteroatoms. The van der Waals surface area contributed by atoms with Gasteiger partial charge in [0.05, 0.1) is 12.2 Å². The minimum atomic E-state index is -0.961. The number of aromatic hydroxyl groups is 2. The number of phenols is 2. The van der Waals surface area contributed by atoms with Gasteiger partial charge in [-0.2, -0.15) is 0 Å². The van der Waals surface area contributed by atoms with Crippen LogP contribution in [0.5, 0.6) is 11.5 Å². The molecule has 0 radical (unpaired) electrons. The van der Waals surface area contributed by atoms with Crippen LogP contribution in [0.25, 0.3) is 0 Å². The zero-order chi connectivity index (χ0) is 30.3. The average molecular weight is 567 g/mol. The molecule has 1 saturated carbocycles. The number of hydrogen-bond acceptors (Lipinski definition) is 6. The van der Waals surface area contributed by atoms with Crippen LogP contribution in [0.15, 0.2) is 72.8 Å². The SMILES string of the molecule is CCN(CC)c1ccc(C2C(O)C(c3ccc(N(c4ccc(C)cc4C)c4ccc(C)cc4C)cc3O)C2O)c(O)c1. The van der Waals surface area contributed by atoms with E-state index in [0.717, 1.165) is 47.0 Å². The molecule has 4 N–H and O–H groups in total. The molecular formula is C36H42N2O4. The zero-order valence-corrected chi connectivity index (χ0v) is 25.3. The van der Waals surface area contributed by atoms with Crippen LogP contribution in [0.1, 0.15) is 59.1 Å². The molecular weight excluding hydrogens is 524 g/mol. The van der Waals surface area contributed by atoms with Crippen molar-refractivity contribution in [1.29, 1.82) is 0 Å². The Kier molecular flexibility index (Phi) is 8.22. The van der Waals surface area contributed by atoms with Gasteiger partial charge in [0.2, 0.25) is 0 Å². The van der Waals surface area contributed by atoms with Gasteiger partial charge in [-0.15, -0.1) is 0 Å². The van der Waals surface area contributed by atoms with Crippen molar-refractivity contribution in [1.82, 2.24) is 0 Å². The fourth-order valence-corrected chi connectivity index (χ4v) is 6.51. The molecule has 4 aromatic carbocycles. The van der Waals surface area contributed by atoms with Gasteiger partial charge in [0.15, 0.2) is 0 Å². The maximum absolute atomic E-state index is 11.3. The first-order valence-corrected chi connectivity index (χ1v) is 14.8. The lowest BCUT2D eigenvalue weighted by molar-refractivity contribution is -0.0797. The molecule has 4 aromatic rings. The van der Waals surface area contributed by atoms with E-state index in [0.29, 0.717) is 11.1 Å². The highest BCUT2D eigenvalue weighted by atomic mass is 16.3. The molecule has 42 heavy (non-hydrogen) atoms. The molecule has 0 bridgehead atoms. The summed E-state index contributed by atoms with van der Waals surface area (Å²) < 4.78 is 0. The van der Waals surface area contributed by atoms with Crippen LogP contribution in [-0.4, -0.2) is 45.7 Å². The van der Waals surface area contributed by atoms with Gasteiger partial charge in [0.1, 0.15) is 11.5 Å². The fourth-order valence-electron chi connectivity index (χ4n) is 6.51. The fraction of sp³-hybridized carbons (Fsp3) is 0.333. The lowest BCUT2D eigenvalue weighted by atomic mass is 9.63. The predicted octanol–water partition coefficient (Wildman–Crippen LogP) is 7.25. The number of nitrogens with zero attached hydrogens (tertiary/aromatic N) is 2. The second kappa shape index (κ2) is 11.7. The highest BCUT2D eigenvalue weighted by Crippen LogP contribution is 2.53. The van der Waals surface area contributed by atoms with Gasteiger partial charge in [-0.05, 0) is 76.9 Å². The first-order chi connectivity index (χ1) is 20.0. The quantitative estimate of drug-likeness (QED) is 0.180. The summed E-state index contributed by atoms with van der Waals surface area (Å²) in [7, 11) is 0. The molecule has 1 aliphatic rings. The van der Waals surface area contributed by atoms with Crippen molar-refractivity contribution in [2.24, 2.45) is 0 Å². The summed E-state index contributed by atoms with van der Waals surface area (Å²) in [6.45, 7) is 14.0. The van der Waals surface area contributed by atoms with Crippen LogP contribution >= 0.6 is 0 Å². The summed E-state index contributed by atoms with van der Waals surface area (Å²) in [6, 6.07) is 23.5. The molecule has 5 rings (SSSR count). The van der Waals surface area contributed by atoms with Crippen molar-refractivity contribution in [3.05, 3.63) is 106 Å². The standard InChI is InChI=1S/C36H42N2O4/c1-7-37(8-2)25-11-13-27(31(39)19-25)33-35(41)34(36(33)42)28-14-12-26(20-32(28)40)38(29-15-9-21(3)17-23(29)5)30-16-10-22(4)18-24(30)6/h9-20,33-36,39-42H,7-8H2,1-6H3. The Bertz CT molecular complexity index is 1530. The minimum absolute atomic E-state index is 0.00897. The molecule has 0 amide bonds. The summed E-state index contributed by atoms with van der Waals surface area (Å²) in [5.74, 6) is -1.27. The van der Waals surface area contributed by atoms with E-state index in [1.54, 1.807) is 24.3 Å². The van der Waals surface area contributed by atoms with E-state index in [2.05, 4.69) is 87.7 Å². The highest BCUT2D eigenvalue weighted by molar-refractivity contribution is 5.81. The smallest absolute Gasteiger partial charge is 0.121 e. The van der Waals surface area contributed by atoms with Crippen molar-refractivity contribution in [3.8, 4) is 11.5 Å². The normalized spacial score (nSPS) is 19.8. The maximum atomic E-state index is 11.3. The van der Waals surface area contributed by atoms with Gasteiger partial charge in [-0.1, -0.05) is 47.5 Å². The van der Waals surface area contributed by atoms with Crippen LogP contribution in [0, 0.1) is 27.7 Å². The first-order valence-electron chi connectivity index (χ1n) is 14.8. The third-order valence-electron chi connectivity index (χ3n) is 8.79. The lowest BCUT2D eigenvalue weighted by Gasteiger charge is -2.47. The molecule has 1 fully saturated rings. The molecule has 1 aliphatic carbocycles. The van der Waals surface area contributed by atoms with Crippen molar-refractivity contribution in [2.75, 3.05) is 22.9 Å². The highest BCUT2D eigenvalue weighted by Gasteiger charge is 2.52. The predicted molar refractivity (Wildman–Crippen MR) is 171 cm³/mol. The largest absolute Gasteiger partial charge is 0.508 e. The molecule has 0 aliphatic heterocycles.